The smallest absolute Gasteiger partial charge is 0.223 e. The van der Waals surface area contributed by atoms with Crippen LogP contribution in [0.2, 0.25) is 5.02 Å². The number of carbonyl (C=O) groups is 1. The van der Waals surface area contributed by atoms with Crippen LogP contribution in [0.5, 0.6) is 0 Å². The molecule has 1 aromatic carbocycles. The molecule has 1 N–H and O–H groups in total. The number of amides is 1. The van der Waals surface area contributed by atoms with Crippen LogP contribution in [0.4, 0.5) is 0 Å². The standard InChI is InChI=1S/C16H21ClN2O3S/c1-2-8-18-16(20)14-6-9-19(10-7-14)23(21,22)12-13-4-3-5-15(17)11-13/h2-5,11,14H,1,6-10,12H2,(H,18,20). The van der Waals surface area contributed by atoms with Gasteiger partial charge in [-0.05, 0) is 30.5 Å². The van der Waals surface area contributed by atoms with E-state index >= 15 is 0 Å². The van der Waals surface area contributed by atoms with Gasteiger partial charge in [-0.1, -0.05) is 29.8 Å². The third kappa shape index (κ3) is 5.06. The van der Waals surface area contributed by atoms with Crippen LogP contribution in [0.25, 0.3) is 0 Å². The number of sulfonamides is 1. The summed E-state index contributed by atoms with van der Waals surface area (Å²) in [6.07, 6.45) is 2.71. The maximum Gasteiger partial charge on any atom is 0.223 e. The molecule has 0 saturated carbocycles. The molecule has 126 valence electrons. The monoisotopic (exact) mass is 356 g/mol. The first-order chi connectivity index (χ1) is 10.9. The van der Waals surface area contributed by atoms with E-state index < -0.39 is 10.0 Å². The number of piperidine rings is 1. The fraction of sp³-hybridized carbons (Fsp3) is 0.438. The predicted molar refractivity (Wildman–Crippen MR) is 91.6 cm³/mol. The van der Waals surface area contributed by atoms with Crippen molar-refractivity contribution in [1.82, 2.24) is 9.62 Å². The average Bonchev–Trinajstić information content (AvgIpc) is 2.52. The number of nitrogens with zero attached hydrogens (tertiary/aromatic N) is 1. The lowest BCUT2D eigenvalue weighted by Crippen LogP contribution is -2.43. The molecule has 0 spiro atoms. The van der Waals surface area contributed by atoms with Gasteiger partial charge in [0.1, 0.15) is 0 Å². The van der Waals surface area contributed by atoms with Crippen LogP contribution < -0.4 is 5.32 Å². The number of halogens is 1. The van der Waals surface area contributed by atoms with Crippen molar-refractivity contribution in [1.29, 1.82) is 0 Å². The highest BCUT2D eigenvalue weighted by atomic mass is 35.5. The van der Waals surface area contributed by atoms with E-state index in [2.05, 4.69) is 11.9 Å². The Morgan fingerprint density at radius 3 is 2.70 bits per heavy atom. The SMILES string of the molecule is C=CCNC(=O)C1CCN(S(=O)(=O)Cc2cccc(Cl)c2)CC1. The van der Waals surface area contributed by atoms with Crippen molar-refractivity contribution in [2.24, 2.45) is 5.92 Å². The predicted octanol–water partition coefficient (Wildman–Crippen LogP) is 2.18. The summed E-state index contributed by atoms with van der Waals surface area (Å²) in [6.45, 7) is 4.73. The summed E-state index contributed by atoms with van der Waals surface area (Å²) in [5, 5.41) is 3.29. The van der Waals surface area contributed by atoms with E-state index in [0.717, 1.165) is 0 Å². The molecule has 0 unspecified atom stereocenters. The Balaban J connectivity index is 1.93. The Morgan fingerprint density at radius 1 is 1.39 bits per heavy atom. The van der Waals surface area contributed by atoms with Gasteiger partial charge in [-0.15, -0.1) is 6.58 Å². The van der Waals surface area contributed by atoms with Crippen LogP contribution in [-0.4, -0.2) is 38.3 Å². The van der Waals surface area contributed by atoms with Crippen LogP contribution in [0.3, 0.4) is 0 Å². The average molecular weight is 357 g/mol. The molecular weight excluding hydrogens is 336 g/mol. The largest absolute Gasteiger partial charge is 0.352 e. The van der Waals surface area contributed by atoms with Crippen molar-refractivity contribution in [2.75, 3.05) is 19.6 Å². The van der Waals surface area contributed by atoms with Crippen molar-refractivity contribution in [3.05, 3.63) is 47.5 Å². The summed E-state index contributed by atoms with van der Waals surface area (Å²) in [5.41, 5.74) is 0.670. The van der Waals surface area contributed by atoms with E-state index in [-0.39, 0.29) is 17.6 Å². The van der Waals surface area contributed by atoms with Crippen LogP contribution >= 0.6 is 11.6 Å². The number of rotatable bonds is 6. The first kappa shape index (κ1) is 18.0. The molecule has 0 aliphatic carbocycles. The number of benzene rings is 1. The lowest BCUT2D eigenvalue weighted by Gasteiger charge is -2.30. The zero-order valence-electron chi connectivity index (χ0n) is 12.9. The number of hydrogen-bond donors (Lipinski definition) is 1. The van der Waals surface area contributed by atoms with Gasteiger partial charge >= 0.3 is 0 Å². The molecule has 0 radical (unpaired) electrons. The van der Waals surface area contributed by atoms with Crippen LogP contribution in [-0.2, 0) is 20.6 Å². The van der Waals surface area contributed by atoms with Gasteiger partial charge in [0.05, 0.1) is 5.75 Å². The summed E-state index contributed by atoms with van der Waals surface area (Å²) in [5.74, 6) is -0.231. The van der Waals surface area contributed by atoms with Gasteiger partial charge < -0.3 is 5.32 Å². The summed E-state index contributed by atoms with van der Waals surface area (Å²) >= 11 is 5.90. The molecule has 5 nitrogen and oxygen atoms in total. The van der Waals surface area contributed by atoms with Crippen LogP contribution in [0.15, 0.2) is 36.9 Å². The van der Waals surface area contributed by atoms with E-state index in [1.54, 1.807) is 30.3 Å². The van der Waals surface area contributed by atoms with Gasteiger partial charge in [0.25, 0.3) is 0 Å². The Labute approximate surface area is 142 Å². The van der Waals surface area contributed by atoms with Gasteiger partial charge in [0.15, 0.2) is 0 Å². The zero-order valence-corrected chi connectivity index (χ0v) is 14.4. The van der Waals surface area contributed by atoms with Gasteiger partial charge in [0, 0.05) is 30.6 Å². The molecule has 1 amide bonds. The van der Waals surface area contributed by atoms with Crippen molar-refractivity contribution >= 4 is 27.5 Å². The molecule has 1 aliphatic heterocycles. The van der Waals surface area contributed by atoms with Crippen molar-refractivity contribution < 1.29 is 13.2 Å². The zero-order chi connectivity index (χ0) is 16.9. The highest BCUT2D eigenvalue weighted by Crippen LogP contribution is 2.22. The lowest BCUT2D eigenvalue weighted by atomic mass is 9.97. The van der Waals surface area contributed by atoms with E-state index in [1.165, 1.54) is 4.31 Å². The quantitative estimate of drug-likeness (QED) is 0.794. The van der Waals surface area contributed by atoms with E-state index in [0.29, 0.717) is 43.1 Å². The molecular formula is C16H21ClN2O3S. The topological polar surface area (TPSA) is 66.5 Å². The summed E-state index contributed by atoms with van der Waals surface area (Å²) in [7, 11) is -3.39. The van der Waals surface area contributed by atoms with Crippen LogP contribution in [0.1, 0.15) is 18.4 Å². The third-order valence-corrected chi connectivity index (χ3v) is 5.96. The number of hydrogen-bond acceptors (Lipinski definition) is 3. The maximum atomic E-state index is 12.5. The molecule has 1 fully saturated rings. The second-order valence-corrected chi connectivity index (χ2v) is 8.00. The Morgan fingerprint density at radius 2 is 2.09 bits per heavy atom. The van der Waals surface area contributed by atoms with Crippen molar-refractivity contribution in [2.45, 2.75) is 18.6 Å². The Bertz CT molecular complexity index is 668. The van der Waals surface area contributed by atoms with E-state index in [9.17, 15) is 13.2 Å². The maximum absolute atomic E-state index is 12.5. The minimum absolute atomic E-state index is 0.0308. The lowest BCUT2D eigenvalue weighted by molar-refractivity contribution is -0.125. The highest BCUT2D eigenvalue weighted by Gasteiger charge is 2.30. The summed E-state index contributed by atoms with van der Waals surface area (Å²) < 4.78 is 26.4. The molecule has 7 heteroatoms. The fourth-order valence-electron chi connectivity index (χ4n) is 2.64. The van der Waals surface area contributed by atoms with E-state index in [4.69, 9.17) is 11.6 Å². The van der Waals surface area contributed by atoms with E-state index in [1.807, 2.05) is 0 Å². The fourth-order valence-corrected chi connectivity index (χ4v) is 4.41. The summed E-state index contributed by atoms with van der Waals surface area (Å²) in [6, 6.07) is 6.86. The van der Waals surface area contributed by atoms with Gasteiger partial charge in [-0.25, -0.2) is 12.7 Å². The van der Waals surface area contributed by atoms with Crippen LogP contribution in [0, 0.1) is 5.92 Å². The molecule has 1 aliphatic rings. The van der Waals surface area contributed by atoms with Gasteiger partial charge in [0.2, 0.25) is 15.9 Å². The second kappa shape index (κ2) is 7.95. The number of nitrogens with one attached hydrogen (secondary N) is 1. The van der Waals surface area contributed by atoms with Gasteiger partial charge in [-0.2, -0.15) is 0 Å². The molecule has 1 heterocycles. The first-order valence-electron chi connectivity index (χ1n) is 7.53. The Hall–Kier alpha value is -1.37. The second-order valence-electron chi connectivity index (χ2n) is 5.59. The normalized spacial score (nSPS) is 16.9. The third-order valence-electron chi connectivity index (χ3n) is 3.88. The number of carbonyl (C=O) groups excluding carboxylic acids is 1. The molecule has 1 saturated heterocycles. The molecule has 0 bridgehead atoms. The molecule has 0 aromatic heterocycles. The first-order valence-corrected chi connectivity index (χ1v) is 9.52. The highest BCUT2D eigenvalue weighted by molar-refractivity contribution is 7.88. The molecule has 2 rings (SSSR count). The van der Waals surface area contributed by atoms with Gasteiger partial charge in [-0.3, -0.25) is 4.79 Å². The minimum atomic E-state index is -3.39. The molecule has 0 atom stereocenters. The van der Waals surface area contributed by atoms with Crippen molar-refractivity contribution in [3.8, 4) is 0 Å². The minimum Gasteiger partial charge on any atom is -0.352 e. The van der Waals surface area contributed by atoms with Crippen molar-refractivity contribution in [3.63, 3.8) is 0 Å². The Kier molecular flexibility index (Phi) is 6.21. The molecule has 23 heavy (non-hydrogen) atoms. The molecule has 1 aromatic rings. The summed E-state index contributed by atoms with van der Waals surface area (Å²) in [4.78, 5) is 11.9.